The number of unbranched alkanes of at least 4 members (excludes halogenated alkanes) is 1. The summed E-state index contributed by atoms with van der Waals surface area (Å²) in [5.74, 6) is 0.435. The zero-order chi connectivity index (χ0) is 16.4. The number of rotatable bonds is 10. The molecule has 1 aromatic heterocycles. The quantitative estimate of drug-likeness (QED) is 0.714. The van der Waals surface area contributed by atoms with E-state index >= 15 is 0 Å². The largest absolute Gasteiger partial charge is 0.478 e. The van der Waals surface area contributed by atoms with Crippen LogP contribution in [0, 0.1) is 0 Å². The third-order valence-electron chi connectivity index (χ3n) is 3.40. The normalized spacial score (nSPS) is 13.5. The fourth-order valence-corrected chi connectivity index (χ4v) is 2.09. The average Bonchev–Trinajstić information content (AvgIpc) is 2.52. The van der Waals surface area contributed by atoms with Crippen LogP contribution in [0.5, 0.6) is 5.88 Å². The van der Waals surface area contributed by atoms with Gasteiger partial charge in [0.15, 0.2) is 0 Å². The zero-order valence-electron chi connectivity index (χ0n) is 14.1. The van der Waals surface area contributed by atoms with Crippen molar-refractivity contribution in [1.82, 2.24) is 4.98 Å². The van der Waals surface area contributed by atoms with Crippen LogP contribution in [0.3, 0.4) is 0 Å². The van der Waals surface area contributed by atoms with Crippen LogP contribution in [0.25, 0.3) is 0 Å². The molecule has 0 bridgehead atoms. The van der Waals surface area contributed by atoms with E-state index in [4.69, 9.17) is 9.47 Å². The van der Waals surface area contributed by atoms with Gasteiger partial charge in [0.25, 0.3) is 5.91 Å². The smallest absolute Gasteiger partial charge is 0.256 e. The summed E-state index contributed by atoms with van der Waals surface area (Å²) in [5, 5.41) is 2.88. The fourth-order valence-electron chi connectivity index (χ4n) is 2.09. The molecule has 22 heavy (non-hydrogen) atoms. The summed E-state index contributed by atoms with van der Waals surface area (Å²) >= 11 is 0. The van der Waals surface area contributed by atoms with Gasteiger partial charge in [-0.15, -0.1) is 0 Å². The van der Waals surface area contributed by atoms with Crippen LogP contribution in [-0.4, -0.2) is 29.7 Å². The van der Waals surface area contributed by atoms with Crippen LogP contribution in [0.1, 0.15) is 53.4 Å². The lowest BCUT2D eigenvalue weighted by Gasteiger charge is -2.28. The highest BCUT2D eigenvalue weighted by atomic mass is 16.5. The van der Waals surface area contributed by atoms with E-state index in [0.717, 1.165) is 19.3 Å². The molecular weight excluding hydrogens is 280 g/mol. The Balaban J connectivity index is 2.68. The summed E-state index contributed by atoms with van der Waals surface area (Å²) in [6.45, 7) is 9.03. The van der Waals surface area contributed by atoms with Gasteiger partial charge >= 0.3 is 0 Å². The van der Waals surface area contributed by atoms with Crippen molar-refractivity contribution in [2.45, 2.75) is 59.0 Å². The number of pyridine rings is 1. The van der Waals surface area contributed by atoms with Crippen LogP contribution >= 0.6 is 0 Å². The summed E-state index contributed by atoms with van der Waals surface area (Å²) in [6.07, 6.45) is 5.22. The topological polar surface area (TPSA) is 60.5 Å². The third kappa shape index (κ3) is 5.64. The van der Waals surface area contributed by atoms with Crippen molar-refractivity contribution in [3.05, 3.63) is 18.3 Å². The molecule has 1 aromatic rings. The van der Waals surface area contributed by atoms with E-state index in [9.17, 15) is 4.79 Å². The van der Waals surface area contributed by atoms with Crippen molar-refractivity contribution in [2.24, 2.45) is 0 Å². The van der Waals surface area contributed by atoms with Gasteiger partial charge in [0, 0.05) is 12.7 Å². The van der Waals surface area contributed by atoms with Gasteiger partial charge in [0.2, 0.25) is 5.88 Å². The first kappa shape index (κ1) is 18.4. The fraction of sp³-hybridized carbons (Fsp3) is 0.647. The summed E-state index contributed by atoms with van der Waals surface area (Å²) < 4.78 is 11.1. The Morgan fingerprint density at radius 2 is 2.05 bits per heavy atom. The molecule has 0 aliphatic rings. The molecule has 0 saturated heterocycles. The second-order valence-corrected chi connectivity index (χ2v) is 5.46. The van der Waals surface area contributed by atoms with Crippen molar-refractivity contribution in [3.8, 4) is 5.88 Å². The van der Waals surface area contributed by atoms with E-state index < -0.39 is 5.60 Å². The highest BCUT2D eigenvalue weighted by molar-refractivity contribution is 5.96. The molecule has 1 rings (SSSR count). The minimum atomic E-state index is -0.803. The molecule has 0 radical (unpaired) electrons. The van der Waals surface area contributed by atoms with Gasteiger partial charge in [0.05, 0.1) is 18.5 Å². The first-order chi connectivity index (χ1) is 10.6. The van der Waals surface area contributed by atoms with Crippen molar-refractivity contribution in [1.29, 1.82) is 0 Å². The Kier molecular flexibility index (Phi) is 7.88. The molecule has 0 spiro atoms. The zero-order valence-corrected chi connectivity index (χ0v) is 14.1. The molecule has 5 nitrogen and oxygen atoms in total. The van der Waals surface area contributed by atoms with Crippen LogP contribution in [-0.2, 0) is 9.53 Å². The standard InChI is InChI=1S/C17H28N2O3/c1-5-8-11-17(4,22-7-3)16(20)19-14-9-10-15(18-13-14)21-12-6-2/h9-10,13H,5-8,11-12H2,1-4H3,(H,19,20). The molecule has 5 heteroatoms. The molecule has 1 amide bonds. The van der Waals surface area contributed by atoms with Gasteiger partial charge < -0.3 is 14.8 Å². The Morgan fingerprint density at radius 1 is 1.27 bits per heavy atom. The summed E-state index contributed by atoms with van der Waals surface area (Å²) in [7, 11) is 0. The summed E-state index contributed by atoms with van der Waals surface area (Å²) in [5.41, 5.74) is -0.154. The molecule has 1 atom stereocenters. The van der Waals surface area contributed by atoms with Crippen molar-refractivity contribution < 1.29 is 14.3 Å². The third-order valence-corrected chi connectivity index (χ3v) is 3.40. The predicted octanol–water partition coefficient (Wildman–Crippen LogP) is 3.79. The highest BCUT2D eigenvalue weighted by Crippen LogP contribution is 2.22. The number of carbonyl (C=O) groups is 1. The van der Waals surface area contributed by atoms with Crippen LogP contribution in [0.15, 0.2) is 18.3 Å². The number of nitrogens with one attached hydrogen (secondary N) is 1. The number of amides is 1. The number of anilines is 1. The lowest BCUT2D eigenvalue weighted by molar-refractivity contribution is -0.139. The number of carbonyl (C=O) groups excluding carboxylic acids is 1. The molecule has 0 aliphatic carbocycles. The molecule has 1 N–H and O–H groups in total. The van der Waals surface area contributed by atoms with Gasteiger partial charge in [-0.3, -0.25) is 4.79 Å². The maximum Gasteiger partial charge on any atom is 0.256 e. The Morgan fingerprint density at radius 3 is 2.59 bits per heavy atom. The van der Waals surface area contributed by atoms with Gasteiger partial charge in [-0.1, -0.05) is 26.7 Å². The van der Waals surface area contributed by atoms with E-state index in [1.165, 1.54) is 0 Å². The van der Waals surface area contributed by atoms with Gasteiger partial charge in [-0.25, -0.2) is 4.98 Å². The van der Waals surface area contributed by atoms with E-state index in [0.29, 0.717) is 31.2 Å². The number of nitrogens with zero attached hydrogens (tertiary/aromatic N) is 1. The second-order valence-electron chi connectivity index (χ2n) is 5.46. The van der Waals surface area contributed by atoms with E-state index in [1.807, 2.05) is 20.8 Å². The van der Waals surface area contributed by atoms with Gasteiger partial charge in [-0.2, -0.15) is 0 Å². The lowest BCUT2D eigenvalue weighted by Crippen LogP contribution is -2.42. The maximum atomic E-state index is 12.5. The van der Waals surface area contributed by atoms with E-state index in [-0.39, 0.29) is 5.91 Å². The molecule has 124 valence electrons. The van der Waals surface area contributed by atoms with Crippen LogP contribution in [0.4, 0.5) is 5.69 Å². The second kappa shape index (κ2) is 9.41. The number of aromatic nitrogens is 1. The minimum Gasteiger partial charge on any atom is -0.478 e. The van der Waals surface area contributed by atoms with Crippen molar-refractivity contribution in [3.63, 3.8) is 0 Å². The highest BCUT2D eigenvalue weighted by Gasteiger charge is 2.33. The Labute approximate surface area is 133 Å². The van der Waals surface area contributed by atoms with Gasteiger partial charge in [-0.05, 0) is 32.8 Å². The average molecular weight is 308 g/mol. The molecular formula is C17H28N2O3. The number of ether oxygens (including phenoxy) is 2. The Hall–Kier alpha value is -1.62. The minimum absolute atomic E-state index is 0.133. The van der Waals surface area contributed by atoms with Crippen molar-refractivity contribution in [2.75, 3.05) is 18.5 Å². The number of hydrogen-bond donors (Lipinski definition) is 1. The molecule has 0 aliphatic heterocycles. The number of hydrogen-bond acceptors (Lipinski definition) is 4. The van der Waals surface area contributed by atoms with Gasteiger partial charge in [0.1, 0.15) is 5.60 Å². The van der Waals surface area contributed by atoms with E-state index in [2.05, 4.69) is 17.2 Å². The van der Waals surface area contributed by atoms with E-state index in [1.54, 1.807) is 18.3 Å². The monoisotopic (exact) mass is 308 g/mol. The molecule has 1 unspecified atom stereocenters. The maximum absolute atomic E-state index is 12.5. The lowest BCUT2D eigenvalue weighted by atomic mass is 9.97. The first-order valence-corrected chi connectivity index (χ1v) is 8.10. The molecule has 0 fully saturated rings. The van der Waals surface area contributed by atoms with Crippen molar-refractivity contribution >= 4 is 11.6 Å². The predicted molar refractivity (Wildman–Crippen MR) is 88.2 cm³/mol. The summed E-state index contributed by atoms with van der Waals surface area (Å²) in [4.78, 5) is 16.7. The SMILES string of the molecule is CCCCC(C)(OCC)C(=O)Nc1ccc(OCCC)nc1. The first-order valence-electron chi connectivity index (χ1n) is 8.10. The summed E-state index contributed by atoms with van der Waals surface area (Å²) in [6, 6.07) is 3.55. The Bertz CT molecular complexity index is 448. The van der Waals surface area contributed by atoms with Crippen LogP contribution < -0.4 is 10.1 Å². The molecule has 1 heterocycles. The van der Waals surface area contributed by atoms with Crippen LogP contribution in [0.2, 0.25) is 0 Å². The molecule has 0 saturated carbocycles. The molecule has 0 aromatic carbocycles.